The van der Waals surface area contributed by atoms with Gasteiger partial charge in [-0.05, 0) is 34.1 Å². The molecule has 0 aromatic carbocycles. The largest absolute Gasteiger partial charge is 1.00 e. The maximum atomic E-state index is 5.33. The van der Waals surface area contributed by atoms with Crippen molar-refractivity contribution in [3.63, 3.8) is 0 Å². The first-order valence-electron chi connectivity index (χ1n) is 4.10. The Morgan fingerprint density at radius 3 is 2.92 bits per heavy atom. The summed E-state index contributed by atoms with van der Waals surface area (Å²) in [5, 5.41) is 0. The van der Waals surface area contributed by atoms with Crippen LogP contribution in [0.3, 0.4) is 0 Å². The molecular formula is C7H14BNaO3. The molecule has 1 heterocycles. The van der Waals surface area contributed by atoms with Gasteiger partial charge in [0.2, 0.25) is 0 Å². The fourth-order valence-corrected chi connectivity index (χ4v) is 1.04. The summed E-state index contributed by atoms with van der Waals surface area (Å²) in [6.07, 6.45) is 2.55. The summed E-state index contributed by atoms with van der Waals surface area (Å²) < 4.78 is 15.3. The van der Waals surface area contributed by atoms with E-state index in [9.17, 15) is 0 Å². The van der Waals surface area contributed by atoms with Crippen LogP contribution in [0.25, 0.3) is 0 Å². The van der Waals surface area contributed by atoms with Gasteiger partial charge in [0.1, 0.15) is 0 Å². The van der Waals surface area contributed by atoms with Gasteiger partial charge in [-0.1, -0.05) is 0 Å². The monoisotopic (exact) mass is 180 g/mol. The molecule has 0 aliphatic carbocycles. The summed E-state index contributed by atoms with van der Waals surface area (Å²) in [6.45, 7) is 4.08. The smallest absolute Gasteiger partial charge is 0.626 e. The molecule has 0 amide bonds. The number of hydrogen-bond donors (Lipinski definition) is 0. The Bertz CT molecular complexity index is 98.7. The van der Waals surface area contributed by atoms with E-state index in [-0.39, 0.29) is 35.7 Å². The SMILES string of the molecule is CCO[B-]OCC1CCCO1.[Na+]. The molecule has 1 saturated heterocycles. The van der Waals surface area contributed by atoms with Crippen LogP contribution in [0.1, 0.15) is 19.8 Å². The van der Waals surface area contributed by atoms with Crippen molar-refractivity contribution in [2.24, 2.45) is 0 Å². The molecule has 0 bridgehead atoms. The zero-order chi connectivity index (χ0) is 7.94. The van der Waals surface area contributed by atoms with Crippen LogP contribution < -0.4 is 29.6 Å². The fraction of sp³-hybridized carbons (Fsp3) is 1.00. The molecule has 5 heteroatoms. The van der Waals surface area contributed by atoms with E-state index in [0.717, 1.165) is 19.4 Å². The Kier molecular flexibility index (Phi) is 9.21. The summed E-state index contributed by atoms with van der Waals surface area (Å²) in [5.41, 5.74) is 0. The van der Waals surface area contributed by atoms with E-state index in [0.29, 0.717) is 13.2 Å². The van der Waals surface area contributed by atoms with Crippen molar-refractivity contribution < 1.29 is 43.6 Å². The Morgan fingerprint density at radius 2 is 2.33 bits per heavy atom. The Labute approximate surface area is 96.7 Å². The van der Waals surface area contributed by atoms with Gasteiger partial charge >= 0.3 is 29.6 Å². The minimum atomic E-state index is 0. The average Bonchev–Trinajstić information content (AvgIpc) is 2.50. The third-order valence-corrected chi connectivity index (χ3v) is 1.61. The molecule has 3 nitrogen and oxygen atoms in total. The van der Waals surface area contributed by atoms with Crippen LogP contribution in [0, 0.1) is 0 Å². The van der Waals surface area contributed by atoms with Crippen LogP contribution in [-0.2, 0) is 14.0 Å². The minimum Gasteiger partial charge on any atom is -0.626 e. The molecule has 0 spiro atoms. The predicted molar refractivity (Wildman–Crippen MR) is 42.3 cm³/mol. The van der Waals surface area contributed by atoms with Crippen molar-refractivity contribution >= 4 is 7.69 Å². The quantitative estimate of drug-likeness (QED) is 0.353. The van der Waals surface area contributed by atoms with Gasteiger partial charge in [0, 0.05) is 13.2 Å². The van der Waals surface area contributed by atoms with Crippen LogP contribution >= 0.6 is 0 Å². The standard InChI is InChI=1S/C7H14BO3.Na/c1-2-10-8-11-6-7-4-3-5-9-7;/h7H,2-6H2,1H3;/q-1;+1. The molecule has 1 aliphatic rings. The normalized spacial score (nSPS) is 22.2. The van der Waals surface area contributed by atoms with E-state index in [1.54, 1.807) is 0 Å². The Hall–Kier alpha value is 0.945. The van der Waals surface area contributed by atoms with Gasteiger partial charge in [-0.3, -0.25) is 0 Å². The van der Waals surface area contributed by atoms with Crippen LogP contribution in [0.15, 0.2) is 0 Å². The summed E-state index contributed by atoms with van der Waals surface area (Å²) in [4.78, 5) is 0. The minimum absolute atomic E-state index is 0. The number of ether oxygens (including phenoxy) is 1. The van der Waals surface area contributed by atoms with Crippen molar-refractivity contribution in [1.82, 2.24) is 0 Å². The first-order valence-corrected chi connectivity index (χ1v) is 4.10. The molecule has 0 aromatic rings. The van der Waals surface area contributed by atoms with Gasteiger partial charge in [0.05, 0.1) is 6.10 Å². The van der Waals surface area contributed by atoms with Crippen molar-refractivity contribution in [3.05, 3.63) is 0 Å². The van der Waals surface area contributed by atoms with E-state index in [1.807, 2.05) is 6.92 Å². The van der Waals surface area contributed by atoms with Crippen LogP contribution in [0.4, 0.5) is 0 Å². The maximum absolute atomic E-state index is 5.33. The molecule has 0 saturated carbocycles. The van der Waals surface area contributed by atoms with Crippen molar-refractivity contribution in [1.29, 1.82) is 0 Å². The van der Waals surface area contributed by atoms with Crippen molar-refractivity contribution in [2.45, 2.75) is 25.9 Å². The Morgan fingerprint density at radius 1 is 1.50 bits per heavy atom. The summed E-state index contributed by atoms with van der Waals surface area (Å²) in [5.74, 6) is 0. The van der Waals surface area contributed by atoms with Gasteiger partial charge in [-0.2, -0.15) is 0 Å². The molecule has 0 aromatic heterocycles. The van der Waals surface area contributed by atoms with Gasteiger partial charge in [0.25, 0.3) is 0 Å². The molecule has 1 aliphatic heterocycles. The molecule has 1 unspecified atom stereocenters. The third-order valence-electron chi connectivity index (χ3n) is 1.61. The molecule has 1 fully saturated rings. The van der Waals surface area contributed by atoms with E-state index in [2.05, 4.69) is 0 Å². The van der Waals surface area contributed by atoms with E-state index in [1.165, 1.54) is 7.69 Å². The second-order valence-electron chi connectivity index (χ2n) is 2.52. The van der Waals surface area contributed by atoms with Gasteiger partial charge in [-0.25, -0.2) is 0 Å². The number of hydrogen-bond acceptors (Lipinski definition) is 3. The maximum Gasteiger partial charge on any atom is 1.00 e. The topological polar surface area (TPSA) is 27.7 Å². The molecule has 64 valence electrons. The summed E-state index contributed by atoms with van der Waals surface area (Å²) in [7, 11) is 1.39. The van der Waals surface area contributed by atoms with Crippen LogP contribution in [0.5, 0.6) is 0 Å². The second-order valence-corrected chi connectivity index (χ2v) is 2.52. The number of rotatable bonds is 5. The summed E-state index contributed by atoms with van der Waals surface area (Å²) >= 11 is 0. The first-order chi connectivity index (χ1) is 5.43. The van der Waals surface area contributed by atoms with Crippen LogP contribution in [0.2, 0.25) is 0 Å². The van der Waals surface area contributed by atoms with Gasteiger partial charge < -0.3 is 14.0 Å². The van der Waals surface area contributed by atoms with Gasteiger partial charge in [-0.15, -0.1) is 0 Å². The zero-order valence-corrected chi connectivity index (χ0v) is 9.91. The predicted octanol–water partition coefficient (Wildman–Crippen LogP) is -2.24. The average molecular weight is 180 g/mol. The first kappa shape index (κ1) is 12.9. The fourth-order valence-electron chi connectivity index (χ4n) is 1.04. The van der Waals surface area contributed by atoms with Crippen molar-refractivity contribution in [2.75, 3.05) is 19.8 Å². The van der Waals surface area contributed by atoms with Crippen molar-refractivity contribution in [3.8, 4) is 0 Å². The summed E-state index contributed by atoms with van der Waals surface area (Å²) in [6, 6.07) is 0. The molecule has 12 heavy (non-hydrogen) atoms. The van der Waals surface area contributed by atoms with E-state index in [4.69, 9.17) is 14.0 Å². The second kappa shape index (κ2) is 8.54. The molecule has 1 rings (SSSR count). The molecule has 1 atom stereocenters. The molecular weight excluding hydrogens is 166 g/mol. The third kappa shape index (κ3) is 5.57. The van der Waals surface area contributed by atoms with Crippen LogP contribution in [-0.4, -0.2) is 33.6 Å². The van der Waals surface area contributed by atoms with E-state index < -0.39 is 0 Å². The molecule has 0 N–H and O–H groups in total. The van der Waals surface area contributed by atoms with Gasteiger partial charge in [0.15, 0.2) is 0 Å². The van der Waals surface area contributed by atoms with E-state index >= 15 is 0 Å². The Balaban J connectivity index is 0.00000121. The molecule has 2 radical (unpaired) electrons. The zero-order valence-electron chi connectivity index (χ0n) is 7.91.